The monoisotopic (exact) mass is 270 g/mol. The molecule has 0 radical (unpaired) electrons. The molecule has 0 aromatic carbocycles. The van der Waals surface area contributed by atoms with Gasteiger partial charge < -0.3 is 21.6 Å². The van der Waals surface area contributed by atoms with Crippen molar-refractivity contribution in [1.29, 1.82) is 0 Å². The van der Waals surface area contributed by atoms with Gasteiger partial charge in [0, 0.05) is 13.1 Å². The van der Waals surface area contributed by atoms with Crippen LogP contribution in [0.1, 0.15) is 27.2 Å². The number of hydrogen-bond donors (Lipinski definition) is 3. The Hall–Kier alpha value is -1.79. The van der Waals surface area contributed by atoms with E-state index in [9.17, 15) is 9.59 Å². The third-order valence-corrected chi connectivity index (χ3v) is 3.75. The molecule has 1 rings (SSSR count). The highest BCUT2D eigenvalue weighted by Crippen LogP contribution is 2.31. The van der Waals surface area contributed by atoms with Gasteiger partial charge in [0.25, 0.3) is 0 Å². The molecule has 5 N–H and O–H groups in total. The Kier molecular flexibility index (Phi) is 4.39. The number of nitrogens with two attached hydrogens (primary N) is 2. The van der Waals surface area contributed by atoms with Crippen LogP contribution in [-0.2, 0) is 9.59 Å². The summed E-state index contributed by atoms with van der Waals surface area (Å²) in [5.74, 6) is -1.51. The summed E-state index contributed by atoms with van der Waals surface area (Å²) in [5, 5.41) is 11.7. The van der Waals surface area contributed by atoms with Crippen LogP contribution < -0.4 is 11.5 Å². The maximum atomic E-state index is 12.4. The zero-order valence-corrected chi connectivity index (χ0v) is 11.6. The molecule has 2 atom stereocenters. The van der Waals surface area contributed by atoms with Crippen molar-refractivity contribution in [3.8, 4) is 0 Å². The number of carbonyl (C=O) groups excluding carboxylic acids is 2. The van der Waals surface area contributed by atoms with E-state index < -0.39 is 17.2 Å². The zero-order valence-electron chi connectivity index (χ0n) is 11.6. The normalized spacial score (nSPS) is 25.7. The van der Waals surface area contributed by atoms with E-state index in [1.54, 1.807) is 11.8 Å². The smallest absolute Gasteiger partial charge is 0.233 e. The molecule has 0 spiro atoms. The topological polar surface area (TPSA) is 122 Å². The molecule has 108 valence electrons. The molecule has 2 amide bonds. The molecule has 0 aromatic heterocycles. The highest BCUT2D eigenvalue weighted by Gasteiger charge is 2.43. The first-order valence-electron chi connectivity index (χ1n) is 6.29. The lowest BCUT2D eigenvalue weighted by molar-refractivity contribution is -0.134. The molecule has 0 aliphatic carbocycles. The predicted molar refractivity (Wildman–Crippen MR) is 70.2 cm³/mol. The van der Waals surface area contributed by atoms with Crippen LogP contribution in [0.5, 0.6) is 0 Å². The van der Waals surface area contributed by atoms with Crippen LogP contribution in [0.2, 0.25) is 0 Å². The third-order valence-electron chi connectivity index (χ3n) is 3.75. The molecule has 1 aliphatic heterocycles. The van der Waals surface area contributed by atoms with Gasteiger partial charge >= 0.3 is 0 Å². The van der Waals surface area contributed by atoms with Crippen molar-refractivity contribution in [2.45, 2.75) is 27.2 Å². The average Bonchev–Trinajstić information content (AvgIpc) is 2.72. The molecule has 1 fully saturated rings. The van der Waals surface area contributed by atoms with Crippen molar-refractivity contribution < 1.29 is 14.8 Å². The lowest BCUT2D eigenvalue weighted by Crippen LogP contribution is -2.45. The van der Waals surface area contributed by atoms with Crippen LogP contribution in [0.3, 0.4) is 0 Å². The molecular weight excluding hydrogens is 248 g/mol. The van der Waals surface area contributed by atoms with Gasteiger partial charge in [-0.15, -0.1) is 0 Å². The van der Waals surface area contributed by atoms with Gasteiger partial charge in [-0.3, -0.25) is 9.59 Å². The van der Waals surface area contributed by atoms with Gasteiger partial charge in [0.2, 0.25) is 11.8 Å². The summed E-state index contributed by atoms with van der Waals surface area (Å²) in [6, 6.07) is 0. The van der Waals surface area contributed by atoms with Crippen LogP contribution in [0.4, 0.5) is 0 Å². The summed E-state index contributed by atoms with van der Waals surface area (Å²) in [7, 11) is 0. The first-order valence-corrected chi connectivity index (χ1v) is 6.29. The van der Waals surface area contributed by atoms with Gasteiger partial charge in [-0.25, -0.2) is 0 Å². The minimum Gasteiger partial charge on any atom is -0.409 e. The van der Waals surface area contributed by atoms with Crippen molar-refractivity contribution in [2.24, 2.45) is 33.9 Å². The van der Waals surface area contributed by atoms with Crippen LogP contribution in [-0.4, -0.2) is 40.8 Å². The molecule has 0 bridgehead atoms. The molecule has 1 aliphatic rings. The molecule has 7 nitrogen and oxygen atoms in total. The second kappa shape index (κ2) is 5.46. The van der Waals surface area contributed by atoms with Crippen molar-refractivity contribution >= 4 is 17.6 Å². The summed E-state index contributed by atoms with van der Waals surface area (Å²) in [6.45, 7) is 6.13. The number of likely N-dealkylation sites (tertiary alicyclic amines) is 1. The zero-order chi connectivity index (χ0) is 14.8. The van der Waals surface area contributed by atoms with Gasteiger partial charge in [0.05, 0.1) is 5.41 Å². The van der Waals surface area contributed by atoms with E-state index in [0.717, 1.165) is 0 Å². The highest BCUT2D eigenvalue weighted by atomic mass is 16.4. The Balaban J connectivity index is 2.87. The summed E-state index contributed by atoms with van der Waals surface area (Å²) >= 11 is 0. The fourth-order valence-corrected chi connectivity index (χ4v) is 2.36. The fourth-order valence-electron chi connectivity index (χ4n) is 2.36. The Bertz CT molecular complexity index is 408. The predicted octanol–water partition coefficient (Wildman–Crippen LogP) is -0.271. The number of amidine groups is 1. The Morgan fingerprint density at radius 2 is 1.95 bits per heavy atom. The Morgan fingerprint density at radius 1 is 1.37 bits per heavy atom. The molecule has 7 heteroatoms. The minimum absolute atomic E-state index is 0.0937. The Labute approximate surface area is 112 Å². The largest absolute Gasteiger partial charge is 0.409 e. The van der Waals surface area contributed by atoms with Gasteiger partial charge in [-0.2, -0.15) is 0 Å². The molecule has 2 unspecified atom stereocenters. The lowest BCUT2D eigenvalue weighted by Gasteiger charge is -2.26. The van der Waals surface area contributed by atoms with E-state index in [1.807, 2.05) is 13.8 Å². The van der Waals surface area contributed by atoms with Gasteiger partial charge in [-0.05, 0) is 19.3 Å². The second-order valence-electron chi connectivity index (χ2n) is 5.68. The second-order valence-corrected chi connectivity index (χ2v) is 5.68. The summed E-state index contributed by atoms with van der Waals surface area (Å²) in [5.41, 5.74) is 10.2. The average molecular weight is 270 g/mol. The van der Waals surface area contributed by atoms with Crippen LogP contribution >= 0.6 is 0 Å². The Morgan fingerprint density at radius 3 is 2.32 bits per heavy atom. The van der Waals surface area contributed by atoms with E-state index in [4.69, 9.17) is 16.7 Å². The number of carbonyl (C=O) groups is 2. The van der Waals surface area contributed by atoms with E-state index >= 15 is 0 Å². The first-order chi connectivity index (χ1) is 8.73. The number of hydrogen-bond acceptors (Lipinski definition) is 4. The summed E-state index contributed by atoms with van der Waals surface area (Å²) in [4.78, 5) is 25.3. The van der Waals surface area contributed by atoms with Crippen LogP contribution in [0.15, 0.2) is 5.16 Å². The van der Waals surface area contributed by atoms with Gasteiger partial charge in [-0.1, -0.05) is 19.0 Å². The van der Waals surface area contributed by atoms with Crippen LogP contribution in [0.25, 0.3) is 0 Å². The molecular formula is C12H22N4O3. The number of amides is 2. The number of rotatable bonds is 4. The van der Waals surface area contributed by atoms with Crippen molar-refractivity contribution in [3.05, 3.63) is 0 Å². The molecule has 19 heavy (non-hydrogen) atoms. The van der Waals surface area contributed by atoms with E-state index in [2.05, 4.69) is 5.16 Å². The first kappa shape index (κ1) is 15.3. The number of primary amides is 1. The molecule has 1 saturated heterocycles. The SMILES string of the molecule is CC(C)C(C(=O)N1CCC(C)(C(N)=O)C1)C(N)=NO. The summed E-state index contributed by atoms with van der Waals surface area (Å²) < 4.78 is 0. The fraction of sp³-hybridized carbons (Fsp3) is 0.750. The van der Waals surface area contributed by atoms with E-state index in [0.29, 0.717) is 13.0 Å². The van der Waals surface area contributed by atoms with Crippen LogP contribution in [0, 0.1) is 17.3 Å². The standard InChI is InChI=1S/C12H22N4O3/c1-7(2)8(9(13)15-19)10(17)16-5-4-12(3,6-16)11(14)18/h7-8,19H,4-6H2,1-3H3,(H2,13,15)(H2,14,18). The van der Waals surface area contributed by atoms with Gasteiger partial charge in [0.15, 0.2) is 5.84 Å². The van der Waals surface area contributed by atoms with Crippen molar-refractivity contribution in [3.63, 3.8) is 0 Å². The van der Waals surface area contributed by atoms with E-state index in [-0.39, 0.29) is 24.2 Å². The number of nitrogens with zero attached hydrogens (tertiary/aromatic N) is 2. The quantitative estimate of drug-likeness (QED) is 0.281. The molecule has 0 aromatic rings. The lowest BCUT2D eigenvalue weighted by atomic mass is 9.89. The minimum atomic E-state index is -0.692. The maximum absolute atomic E-state index is 12.4. The number of oxime groups is 1. The van der Waals surface area contributed by atoms with Crippen molar-refractivity contribution in [1.82, 2.24) is 4.90 Å². The van der Waals surface area contributed by atoms with Crippen molar-refractivity contribution in [2.75, 3.05) is 13.1 Å². The third kappa shape index (κ3) is 2.97. The highest BCUT2D eigenvalue weighted by molar-refractivity contribution is 6.02. The summed E-state index contributed by atoms with van der Waals surface area (Å²) in [6.07, 6.45) is 0.537. The molecule has 1 heterocycles. The van der Waals surface area contributed by atoms with Gasteiger partial charge in [0.1, 0.15) is 5.92 Å². The van der Waals surface area contributed by atoms with E-state index in [1.165, 1.54) is 0 Å². The molecule has 0 saturated carbocycles. The maximum Gasteiger partial charge on any atom is 0.233 e.